The molecule has 7 heteroatoms. The predicted molar refractivity (Wildman–Crippen MR) is 154 cm³/mol. The molecule has 0 aliphatic carbocycles. The number of Topliss-reactive ketones (excluding diaryl/α,β-unsaturated/α-hetero) is 1. The van der Waals surface area contributed by atoms with Crippen molar-refractivity contribution in [2.24, 2.45) is 0 Å². The summed E-state index contributed by atoms with van der Waals surface area (Å²) in [7, 11) is 1.62. The fourth-order valence-electron chi connectivity index (χ4n) is 5.08. The predicted octanol–water partition coefficient (Wildman–Crippen LogP) is 5.79. The Morgan fingerprint density at radius 3 is 2.26 bits per heavy atom. The van der Waals surface area contributed by atoms with Crippen LogP contribution in [0.1, 0.15) is 50.8 Å². The van der Waals surface area contributed by atoms with Gasteiger partial charge in [0.1, 0.15) is 17.3 Å². The summed E-state index contributed by atoms with van der Waals surface area (Å²) in [5.41, 5.74) is 1.35. The maximum absolute atomic E-state index is 13.4. The van der Waals surface area contributed by atoms with Crippen LogP contribution in [0, 0.1) is 0 Å². The number of aliphatic hydroxyl groups is 1. The highest BCUT2D eigenvalue weighted by molar-refractivity contribution is 6.46. The molecule has 39 heavy (non-hydrogen) atoms. The van der Waals surface area contributed by atoms with E-state index in [0.717, 1.165) is 60.3 Å². The maximum atomic E-state index is 13.4. The Balaban J connectivity index is 1.74. The van der Waals surface area contributed by atoms with Crippen LogP contribution in [-0.2, 0) is 9.59 Å². The van der Waals surface area contributed by atoms with Crippen molar-refractivity contribution in [1.29, 1.82) is 0 Å². The number of aliphatic hydroxyl groups excluding tert-OH is 1. The lowest BCUT2D eigenvalue weighted by atomic mass is 9.94. The summed E-state index contributed by atoms with van der Waals surface area (Å²) < 4.78 is 11.1. The lowest BCUT2D eigenvalue weighted by Gasteiger charge is -2.27. The molecule has 0 bridgehead atoms. The molecule has 4 rings (SSSR count). The minimum Gasteiger partial charge on any atom is -0.507 e. The Morgan fingerprint density at radius 1 is 0.923 bits per heavy atom. The Hall–Kier alpha value is -3.84. The normalized spacial score (nSPS) is 16.8. The quantitative estimate of drug-likeness (QED) is 0.181. The highest BCUT2D eigenvalue weighted by Gasteiger charge is 2.45. The molecule has 206 valence electrons. The molecule has 0 spiro atoms. The summed E-state index contributed by atoms with van der Waals surface area (Å²) in [6, 6.07) is 17.9. The number of methoxy groups -OCH3 is 1. The minimum absolute atomic E-state index is 0.109. The van der Waals surface area contributed by atoms with Gasteiger partial charge in [-0.15, -0.1) is 0 Å². The van der Waals surface area contributed by atoms with E-state index in [0.29, 0.717) is 18.7 Å². The number of amides is 1. The zero-order valence-electron chi connectivity index (χ0n) is 23.3. The molecule has 0 aromatic heterocycles. The molecule has 1 unspecified atom stereocenters. The third kappa shape index (κ3) is 6.09. The smallest absolute Gasteiger partial charge is 0.295 e. The molecule has 3 aromatic rings. The Morgan fingerprint density at radius 2 is 1.59 bits per heavy atom. The van der Waals surface area contributed by atoms with Crippen molar-refractivity contribution in [3.05, 3.63) is 77.4 Å². The van der Waals surface area contributed by atoms with Crippen molar-refractivity contribution in [2.75, 3.05) is 39.9 Å². The number of carbonyl (C=O) groups is 2. The van der Waals surface area contributed by atoms with E-state index in [1.165, 1.54) is 0 Å². The van der Waals surface area contributed by atoms with Crippen LogP contribution < -0.4 is 9.47 Å². The van der Waals surface area contributed by atoms with Gasteiger partial charge < -0.3 is 24.4 Å². The number of likely N-dealkylation sites (tertiary alicyclic amines) is 1. The van der Waals surface area contributed by atoms with Gasteiger partial charge in [0, 0.05) is 12.1 Å². The minimum atomic E-state index is -0.687. The number of hydrogen-bond donors (Lipinski definition) is 1. The molecule has 1 saturated heterocycles. The Bertz CT molecular complexity index is 1340. The van der Waals surface area contributed by atoms with Crippen LogP contribution in [0.3, 0.4) is 0 Å². The second-order valence-electron chi connectivity index (χ2n) is 9.72. The molecule has 1 N–H and O–H groups in total. The summed E-state index contributed by atoms with van der Waals surface area (Å²) in [5, 5.41) is 13.3. The van der Waals surface area contributed by atoms with Crippen molar-refractivity contribution in [3.8, 4) is 11.5 Å². The second kappa shape index (κ2) is 12.8. The van der Waals surface area contributed by atoms with Gasteiger partial charge in [-0.25, -0.2) is 0 Å². The van der Waals surface area contributed by atoms with E-state index in [-0.39, 0.29) is 11.3 Å². The van der Waals surface area contributed by atoms with Crippen molar-refractivity contribution in [1.82, 2.24) is 9.80 Å². The molecule has 1 amide bonds. The van der Waals surface area contributed by atoms with Gasteiger partial charge in [-0.1, -0.05) is 51.1 Å². The van der Waals surface area contributed by atoms with E-state index in [2.05, 4.69) is 18.7 Å². The molecule has 1 atom stereocenters. The van der Waals surface area contributed by atoms with Crippen LogP contribution in [0.2, 0.25) is 0 Å². The van der Waals surface area contributed by atoms with E-state index in [9.17, 15) is 14.7 Å². The van der Waals surface area contributed by atoms with E-state index < -0.39 is 17.7 Å². The van der Waals surface area contributed by atoms with Gasteiger partial charge in [-0.3, -0.25) is 9.59 Å². The average Bonchev–Trinajstić information content (AvgIpc) is 3.22. The third-order valence-electron chi connectivity index (χ3n) is 7.30. The van der Waals surface area contributed by atoms with Gasteiger partial charge in [-0.05, 0) is 79.1 Å². The molecule has 1 aliphatic heterocycles. The van der Waals surface area contributed by atoms with Crippen molar-refractivity contribution in [3.63, 3.8) is 0 Å². The first-order valence-corrected chi connectivity index (χ1v) is 13.7. The Labute approximate surface area is 230 Å². The summed E-state index contributed by atoms with van der Waals surface area (Å²) in [6.45, 7) is 9.95. The lowest BCUT2D eigenvalue weighted by Crippen LogP contribution is -2.33. The van der Waals surface area contributed by atoms with Crippen molar-refractivity contribution in [2.45, 2.75) is 39.7 Å². The first kappa shape index (κ1) is 28.2. The standard InChI is InChI=1S/C32H38N2O5/c1-5-19-39-26-14-11-22(12-15-26)29-28(31(36)32(37)34(29)18-8-17-33(6-2)7-3)30(35)25-10-9-24-21-27(38-4)16-13-23(24)20-25/h9-16,20-21,29,35H,5-8,17-19H2,1-4H3/b30-28+. The van der Waals surface area contributed by atoms with Gasteiger partial charge in [0.15, 0.2) is 0 Å². The van der Waals surface area contributed by atoms with E-state index in [1.807, 2.05) is 61.5 Å². The maximum Gasteiger partial charge on any atom is 0.295 e. The summed E-state index contributed by atoms with van der Waals surface area (Å²) >= 11 is 0. The molecular formula is C32H38N2O5. The molecule has 0 saturated carbocycles. The highest BCUT2D eigenvalue weighted by atomic mass is 16.5. The summed E-state index contributed by atoms with van der Waals surface area (Å²) in [4.78, 5) is 30.6. The molecule has 1 aliphatic rings. The summed E-state index contributed by atoms with van der Waals surface area (Å²) in [6.07, 6.45) is 1.62. The number of fused-ring (bicyclic) bond motifs is 1. The molecule has 3 aromatic carbocycles. The number of ketones is 1. The number of carbonyl (C=O) groups excluding carboxylic acids is 2. The molecule has 1 fully saturated rings. The van der Waals surface area contributed by atoms with Gasteiger partial charge in [0.05, 0.1) is 25.3 Å². The van der Waals surface area contributed by atoms with Crippen LogP contribution in [0.5, 0.6) is 11.5 Å². The molecular weight excluding hydrogens is 492 g/mol. The fourth-order valence-corrected chi connectivity index (χ4v) is 5.08. The average molecular weight is 531 g/mol. The first-order chi connectivity index (χ1) is 18.9. The number of benzene rings is 3. The SMILES string of the molecule is CCCOc1ccc(C2/C(=C(\O)c3ccc4cc(OC)ccc4c3)C(=O)C(=O)N2CCCN(CC)CC)cc1. The van der Waals surface area contributed by atoms with Gasteiger partial charge in [0.25, 0.3) is 11.7 Å². The van der Waals surface area contributed by atoms with Gasteiger partial charge >= 0.3 is 0 Å². The zero-order chi connectivity index (χ0) is 27.9. The third-order valence-corrected chi connectivity index (χ3v) is 7.30. The van der Waals surface area contributed by atoms with Gasteiger partial charge in [0.2, 0.25) is 0 Å². The Kier molecular flexibility index (Phi) is 9.25. The number of rotatable bonds is 12. The number of hydrogen-bond acceptors (Lipinski definition) is 6. The van der Waals surface area contributed by atoms with E-state index in [4.69, 9.17) is 9.47 Å². The monoisotopic (exact) mass is 530 g/mol. The van der Waals surface area contributed by atoms with Crippen molar-refractivity contribution >= 4 is 28.2 Å². The van der Waals surface area contributed by atoms with Crippen LogP contribution in [-0.4, -0.2) is 66.5 Å². The van der Waals surface area contributed by atoms with Gasteiger partial charge in [-0.2, -0.15) is 0 Å². The zero-order valence-corrected chi connectivity index (χ0v) is 23.3. The topological polar surface area (TPSA) is 79.3 Å². The van der Waals surface area contributed by atoms with Crippen LogP contribution in [0.15, 0.2) is 66.2 Å². The highest BCUT2D eigenvalue weighted by Crippen LogP contribution is 2.40. The van der Waals surface area contributed by atoms with E-state index >= 15 is 0 Å². The lowest BCUT2D eigenvalue weighted by molar-refractivity contribution is -0.140. The van der Waals surface area contributed by atoms with Crippen LogP contribution in [0.4, 0.5) is 0 Å². The largest absolute Gasteiger partial charge is 0.507 e. The molecule has 0 radical (unpaired) electrons. The molecule has 1 heterocycles. The van der Waals surface area contributed by atoms with Crippen LogP contribution >= 0.6 is 0 Å². The first-order valence-electron chi connectivity index (χ1n) is 13.7. The second-order valence-corrected chi connectivity index (χ2v) is 9.72. The fraction of sp³-hybridized carbons (Fsp3) is 0.375. The van der Waals surface area contributed by atoms with Crippen molar-refractivity contribution < 1.29 is 24.2 Å². The molecule has 7 nitrogen and oxygen atoms in total. The number of nitrogens with zero attached hydrogens (tertiary/aromatic N) is 2. The summed E-state index contributed by atoms with van der Waals surface area (Å²) in [5.74, 6) is 0.0400. The van der Waals surface area contributed by atoms with Crippen LogP contribution in [0.25, 0.3) is 16.5 Å². The number of ether oxygens (including phenoxy) is 2. The van der Waals surface area contributed by atoms with E-state index in [1.54, 1.807) is 18.1 Å².